The molecule has 0 spiro atoms. The molecular weight excluding hydrogens is 320 g/mol. The van der Waals surface area contributed by atoms with Crippen molar-refractivity contribution in [3.05, 3.63) is 22.3 Å². The Balaban J connectivity index is 2.01. The smallest absolute Gasteiger partial charge is 0.227 e. The van der Waals surface area contributed by atoms with Crippen LogP contribution in [0, 0.1) is 17.2 Å². The maximum Gasteiger partial charge on any atom is 0.227 e. The lowest BCUT2D eigenvalue weighted by Gasteiger charge is -2.40. The quantitative estimate of drug-likeness (QED) is 0.897. The number of nitrogens with one attached hydrogen (secondary N) is 1. The molecule has 20 heavy (non-hydrogen) atoms. The van der Waals surface area contributed by atoms with E-state index in [9.17, 15) is 4.79 Å². The van der Waals surface area contributed by atoms with Crippen LogP contribution < -0.4 is 10.2 Å². The molecule has 0 radical (unpaired) electrons. The van der Waals surface area contributed by atoms with Crippen LogP contribution in [-0.4, -0.2) is 29.5 Å². The van der Waals surface area contributed by atoms with Crippen molar-refractivity contribution in [3.8, 4) is 6.07 Å². The lowest BCUT2D eigenvalue weighted by molar-refractivity contribution is -0.127. The molecule has 0 aliphatic carbocycles. The van der Waals surface area contributed by atoms with Crippen LogP contribution in [0.15, 0.2) is 16.7 Å². The zero-order valence-corrected chi connectivity index (χ0v) is 13.4. The Morgan fingerprint density at radius 3 is 2.75 bits per heavy atom. The summed E-state index contributed by atoms with van der Waals surface area (Å²) in [7, 11) is 0. The number of carbonyl (C=O) groups is 1. The number of nitriles is 1. The number of aromatic nitrogens is 1. The van der Waals surface area contributed by atoms with E-state index in [-0.39, 0.29) is 17.4 Å². The van der Waals surface area contributed by atoms with Crippen molar-refractivity contribution in [1.29, 1.82) is 5.26 Å². The SMILES string of the molecule is CC(C)(C)NC(=O)C1CN(c2ncc(Br)cc2C#N)C1. The molecule has 1 aromatic rings. The van der Waals surface area contributed by atoms with E-state index in [4.69, 9.17) is 5.26 Å². The monoisotopic (exact) mass is 336 g/mol. The zero-order chi connectivity index (χ0) is 14.9. The Labute approximate surface area is 127 Å². The molecule has 6 heteroatoms. The maximum absolute atomic E-state index is 12.0. The van der Waals surface area contributed by atoms with Crippen LogP contribution in [0.2, 0.25) is 0 Å². The topological polar surface area (TPSA) is 69.0 Å². The number of anilines is 1. The standard InChI is InChI=1S/C14H17BrN4O/c1-14(2,3)18-13(20)10-7-19(8-10)12-9(5-16)4-11(15)6-17-12/h4,6,10H,7-8H2,1-3H3,(H,18,20). The molecule has 1 aromatic heterocycles. The molecule has 1 amide bonds. The van der Waals surface area contributed by atoms with E-state index in [0.717, 1.165) is 4.47 Å². The Kier molecular flexibility index (Phi) is 4.00. The number of hydrogen-bond donors (Lipinski definition) is 1. The van der Waals surface area contributed by atoms with Crippen molar-refractivity contribution in [3.63, 3.8) is 0 Å². The van der Waals surface area contributed by atoms with Crippen molar-refractivity contribution in [1.82, 2.24) is 10.3 Å². The maximum atomic E-state index is 12.0. The first kappa shape index (κ1) is 14.8. The van der Waals surface area contributed by atoms with Gasteiger partial charge in [0.25, 0.3) is 0 Å². The van der Waals surface area contributed by atoms with Crippen molar-refractivity contribution >= 4 is 27.7 Å². The fraction of sp³-hybridized carbons (Fsp3) is 0.500. The molecular formula is C14H17BrN4O. The fourth-order valence-corrected chi connectivity index (χ4v) is 2.39. The molecule has 0 bridgehead atoms. The third-order valence-corrected chi connectivity index (χ3v) is 3.44. The van der Waals surface area contributed by atoms with Crippen LogP contribution in [0.5, 0.6) is 0 Å². The molecule has 1 aliphatic rings. The van der Waals surface area contributed by atoms with E-state index >= 15 is 0 Å². The molecule has 1 saturated heterocycles. The van der Waals surface area contributed by atoms with E-state index in [1.165, 1.54) is 0 Å². The number of amides is 1. The summed E-state index contributed by atoms with van der Waals surface area (Å²) >= 11 is 3.30. The van der Waals surface area contributed by atoms with Gasteiger partial charge in [0.2, 0.25) is 5.91 Å². The Morgan fingerprint density at radius 1 is 1.55 bits per heavy atom. The summed E-state index contributed by atoms with van der Waals surface area (Å²) in [5.41, 5.74) is 0.305. The van der Waals surface area contributed by atoms with Crippen LogP contribution in [0.4, 0.5) is 5.82 Å². The van der Waals surface area contributed by atoms with Crippen molar-refractivity contribution < 1.29 is 4.79 Å². The lowest BCUT2D eigenvalue weighted by atomic mass is 9.96. The minimum absolute atomic E-state index is 0.0359. The largest absolute Gasteiger partial charge is 0.354 e. The predicted molar refractivity (Wildman–Crippen MR) is 80.3 cm³/mol. The van der Waals surface area contributed by atoms with E-state index in [2.05, 4.69) is 32.3 Å². The van der Waals surface area contributed by atoms with E-state index in [1.54, 1.807) is 12.3 Å². The van der Waals surface area contributed by atoms with Gasteiger partial charge in [-0.1, -0.05) is 0 Å². The van der Waals surface area contributed by atoms with E-state index in [1.807, 2.05) is 25.7 Å². The van der Waals surface area contributed by atoms with Crippen molar-refractivity contribution in [2.24, 2.45) is 5.92 Å². The van der Waals surface area contributed by atoms with Crippen LogP contribution in [0.25, 0.3) is 0 Å². The fourth-order valence-electron chi connectivity index (χ4n) is 2.06. The molecule has 1 aliphatic heterocycles. The summed E-state index contributed by atoms with van der Waals surface area (Å²) in [6.45, 7) is 7.10. The molecule has 0 aromatic carbocycles. The first-order valence-corrected chi connectivity index (χ1v) is 7.22. The number of pyridine rings is 1. The Hall–Kier alpha value is -1.61. The van der Waals surface area contributed by atoms with Gasteiger partial charge in [0, 0.05) is 29.3 Å². The van der Waals surface area contributed by atoms with Gasteiger partial charge in [0.1, 0.15) is 11.9 Å². The highest BCUT2D eigenvalue weighted by atomic mass is 79.9. The number of halogens is 1. The second-order valence-corrected chi connectivity index (χ2v) is 6.89. The Bertz CT molecular complexity index is 568. The highest BCUT2D eigenvalue weighted by Crippen LogP contribution is 2.27. The third kappa shape index (κ3) is 3.28. The van der Waals surface area contributed by atoms with Gasteiger partial charge >= 0.3 is 0 Å². The summed E-state index contributed by atoms with van der Waals surface area (Å²) in [5.74, 6) is 0.672. The average Bonchev–Trinajstić information content (AvgIpc) is 2.26. The third-order valence-electron chi connectivity index (χ3n) is 3.00. The summed E-state index contributed by atoms with van der Waals surface area (Å²) < 4.78 is 0.778. The van der Waals surface area contributed by atoms with Crippen LogP contribution in [0.3, 0.4) is 0 Å². The summed E-state index contributed by atoms with van der Waals surface area (Å²) in [4.78, 5) is 18.2. The number of hydrogen-bond acceptors (Lipinski definition) is 4. The molecule has 2 rings (SSSR count). The van der Waals surface area contributed by atoms with Crippen LogP contribution >= 0.6 is 15.9 Å². The number of carbonyl (C=O) groups excluding carboxylic acids is 1. The van der Waals surface area contributed by atoms with Gasteiger partial charge in [-0.15, -0.1) is 0 Å². The molecule has 0 unspecified atom stereocenters. The molecule has 0 saturated carbocycles. The normalized spacial score (nSPS) is 15.4. The van der Waals surface area contributed by atoms with E-state index in [0.29, 0.717) is 24.5 Å². The van der Waals surface area contributed by atoms with Gasteiger partial charge in [-0.05, 0) is 42.8 Å². The van der Waals surface area contributed by atoms with E-state index < -0.39 is 0 Å². The zero-order valence-electron chi connectivity index (χ0n) is 11.8. The molecule has 0 atom stereocenters. The minimum atomic E-state index is -0.217. The number of rotatable bonds is 2. The second-order valence-electron chi connectivity index (χ2n) is 5.98. The van der Waals surface area contributed by atoms with Gasteiger partial charge in [-0.2, -0.15) is 5.26 Å². The highest BCUT2D eigenvalue weighted by molar-refractivity contribution is 9.10. The summed E-state index contributed by atoms with van der Waals surface area (Å²) in [6.07, 6.45) is 1.67. The van der Waals surface area contributed by atoms with Crippen LogP contribution in [-0.2, 0) is 4.79 Å². The van der Waals surface area contributed by atoms with Gasteiger partial charge in [-0.25, -0.2) is 4.98 Å². The Morgan fingerprint density at radius 2 is 2.20 bits per heavy atom. The summed E-state index contributed by atoms with van der Waals surface area (Å²) in [6, 6.07) is 3.87. The lowest BCUT2D eigenvalue weighted by Crippen LogP contribution is -2.57. The van der Waals surface area contributed by atoms with Crippen molar-refractivity contribution in [2.75, 3.05) is 18.0 Å². The molecule has 106 valence electrons. The first-order chi connectivity index (χ1) is 9.30. The molecule has 1 N–H and O–H groups in total. The van der Waals surface area contributed by atoms with Gasteiger partial charge < -0.3 is 10.2 Å². The van der Waals surface area contributed by atoms with Gasteiger partial charge in [-0.3, -0.25) is 4.79 Å². The van der Waals surface area contributed by atoms with Gasteiger partial charge in [0.15, 0.2) is 0 Å². The van der Waals surface area contributed by atoms with Crippen molar-refractivity contribution in [2.45, 2.75) is 26.3 Å². The number of nitrogens with zero attached hydrogens (tertiary/aromatic N) is 3. The van der Waals surface area contributed by atoms with Gasteiger partial charge in [0.05, 0.1) is 11.5 Å². The summed E-state index contributed by atoms with van der Waals surface area (Å²) in [5, 5.41) is 12.1. The molecule has 1 fully saturated rings. The molecule has 2 heterocycles. The average molecular weight is 337 g/mol. The van der Waals surface area contributed by atoms with Crippen LogP contribution in [0.1, 0.15) is 26.3 Å². The first-order valence-electron chi connectivity index (χ1n) is 6.43. The minimum Gasteiger partial charge on any atom is -0.354 e. The predicted octanol–water partition coefficient (Wildman–Crippen LogP) is 2.07. The molecule has 5 nitrogen and oxygen atoms in total. The second kappa shape index (κ2) is 5.41. The highest BCUT2D eigenvalue weighted by Gasteiger charge is 2.35.